The molecular formula is C16H15BrClNO2. The molecule has 0 saturated carbocycles. The molecule has 0 aliphatic heterocycles. The van der Waals surface area contributed by atoms with E-state index in [4.69, 9.17) is 11.6 Å². The van der Waals surface area contributed by atoms with Gasteiger partial charge in [0.2, 0.25) is 0 Å². The van der Waals surface area contributed by atoms with Gasteiger partial charge in [-0.05, 0) is 43.7 Å². The molecule has 1 N–H and O–H groups in total. The van der Waals surface area contributed by atoms with Gasteiger partial charge in [-0.25, -0.2) is 0 Å². The van der Waals surface area contributed by atoms with Crippen LogP contribution in [0.3, 0.4) is 0 Å². The maximum Gasteiger partial charge on any atom is 0.259 e. The summed E-state index contributed by atoms with van der Waals surface area (Å²) in [5.74, 6) is -0.0697. The van der Waals surface area contributed by atoms with Crippen LogP contribution in [0.25, 0.3) is 0 Å². The van der Waals surface area contributed by atoms with Crippen molar-refractivity contribution in [3.8, 4) is 5.75 Å². The van der Waals surface area contributed by atoms with E-state index < -0.39 is 0 Å². The van der Waals surface area contributed by atoms with Gasteiger partial charge in [-0.2, -0.15) is 0 Å². The molecule has 0 aliphatic rings. The van der Waals surface area contributed by atoms with Crippen LogP contribution in [0, 0.1) is 6.92 Å². The Morgan fingerprint density at radius 1 is 1.29 bits per heavy atom. The lowest BCUT2D eigenvalue weighted by atomic mass is 10.1. The van der Waals surface area contributed by atoms with Crippen LogP contribution in [0.4, 0.5) is 5.69 Å². The van der Waals surface area contributed by atoms with E-state index in [2.05, 4.69) is 15.9 Å². The first-order valence-corrected chi connectivity index (χ1v) is 7.67. The summed E-state index contributed by atoms with van der Waals surface area (Å²) in [4.78, 5) is 14.4. The average Bonchev–Trinajstić information content (AvgIpc) is 2.46. The van der Waals surface area contributed by atoms with Crippen LogP contribution in [0.1, 0.15) is 22.8 Å². The normalized spacial score (nSPS) is 10.5. The lowest BCUT2D eigenvalue weighted by Crippen LogP contribution is -2.31. The zero-order valence-corrected chi connectivity index (χ0v) is 14.1. The van der Waals surface area contributed by atoms with Crippen molar-refractivity contribution in [3.63, 3.8) is 0 Å². The molecule has 2 aromatic carbocycles. The Kier molecular flexibility index (Phi) is 4.91. The fraction of sp³-hybridized carbons (Fsp3) is 0.188. The Bertz CT molecular complexity index is 688. The summed E-state index contributed by atoms with van der Waals surface area (Å²) < 4.78 is 0.791. The Balaban J connectivity index is 2.48. The van der Waals surface area contributed by atoms with Gasteiger partial charge in [0.25, 0.3) is 5.91 Å². The maximum atomic E-state index is 12.8. The first-order valence-electron chi connectivity index (χ1n) is 6.50. The van der Waals surface area contributed by atoms with Gasteiger partial charge >= 0.3 is 0 Å². The van der Waals surface area contributed by atoms with Crippen molar-refractivity contribution in [2.45, 2.75) is 13.8 Å². The van der Waals surface area contributed by atoms with E-state index in [9.17, 15) is 9.90 Å². The van der Waals surface area contributed by atoms with Crippen LogP contribution < -0.4 is 4.90 Å². The number of phenols is 1. The zero-order chi connectivity index (χ0) is 15.6. The van der Waals surface area contributed by atoms with Gasteiger partial charge in [0.15, 0.2) is 0 Å². The van der Waals surface area contributed by atoms with E-state index in [1.54, 1.807) is 41.3 Å². The van der Waals surface area contributed by atoms with Gasteiger partial charge in [-0.1, -0.05) is 33.6 Å². The van der Waals surface area contributed by atoms with Gasteiger partial charge in [-0.3, -0.25) is 4.79 Å². The molecule has 3 nitrogen and oxygen atoms in total. The molecule has 0 atom stereocenters. The standard InChI is InChI=1S/C16H15BrClNO2/c1-3-19(15-9-12(20)6-4-10(15)2)16(21)13-8-11(17)5-7-14(13)18/h4-9,20H,3H2,1-2H3. The number of nitrogens with zero attached hydrogens (tertiary/aromatic N) is 1. The number of aromatic hydroxyl groups is 1. The molecule has 0 aromatic heterocycles. The van der Waals surface area contributed by atoms with Crippen molar-refractivity contribution in [2.75, 3.05) is 11.4 Å². The SMILES string of the molecule is CCN(C(=O)c1cc(Br)ccc1Cl)c1cc(O)ccc1C. The Hall–Kier alpha value is -1.52. The van der Waals surface area contributed by atoms with Crippen molar-refractivity contribution in [2.24, 2.45) is 0 Å². The predicted molar refractivity (Wildman–Crippen MR) is 89.3 cm³/mol. The van der Waals surface area contributed by atoms with E-state index >= 15 is 0 Å². The van der Waals surface area contributed by atoms with Crippen molar-refractivity contribution >= 4 is 39.1 Å². The fourth-order valence-corrected chi connectivity index (χ4v) is 2.68. The molecular weight excluding hydrogens is 354 g/mol. The minimum absolute atomic E-state index is 0.127. The molecule has 0 aliphatic carbocycles. The van der Waals surface area contributed by atoms with Crippen molar-refractivity contribution in [1.82, 2.24) is 0 Å². The summed E-state index contributed by atoms with van der Waals surface area (Å²) >= 11 is 9.48. The third-order valence-electron chi connectivity index (χ3n) is 3.20. The summed E-state index contributed by atoms with van der Waals surface area (Å²) in [6, 6.07) is 10.1. The zero-order valence-electron chi connectivity index (χ0n) is 11.7. The second-order valence-corrected chi connectivity index (χ2v) is 5.97. The number of carbonyl (C=O) groups is 1. The topological polar surface area (TPSA) is 40.5 Å². The Morgan fingerprint density at radius 3 is 2.67 bits per heavy atom. The van der Waals surface area contributed by atoms with E-state index in [1.807, 2.05) is 13.8 Å². The van der Waals surface area contributed by atoms with Gasteiger partial charge in [-0.15, -0.1) is 0 Å². The smallest absolute Gasteiger partial charge is 0.259 e. The molecule has 0 saturated heterocycles. The van der Waals surface area contributed by atoms with Gasteiger partial charge < -0.3 is 10.0 Å². The number of carbonyl (C=O) groups excluding carboxylic acids is 1. The van der Waals surface area contributed by atoms with E-state index in [0.29, 0.717) is 22.8 Å². The Morgan fingerprint density at radius 2 is 2.00 bits per heavy atom. The number of benzene rings is 2. The number of amides is 1. The predicted octanol–water partition coefficient (Wildman–Crippen LogP) is 4.78. The maximum absolute atomic E-state index is 12.8. The van der Waals surface area contributed by atoms with Crippen LogP contribution >= 0.6 is 27.5 Å². The van der Waals surface area contributed by atoms with E-state index in [1.165, 1.54) is 0 Å². The molecule has 2 aromatic rings. The first kappa shape index (κ1) is 15.9. The van der Waals surface area contributed by atoms with Crippen LogP contribution in [0.2, 0.25) is 5.02 Å². The first-order chi connectivity index (χ1) is 9.93. The monoisotopic (exact) mass is 367 g/mol. The molecule has 0 bridgehead atoms. The second kappa shape index (κ2) is 6.50. The van der Waals surface area contributed by atoms with Gasteiger partial charge in [0.1, 0.15) is 5.75 Å². The van der Waals surface area contributed by atoms with Crippen molar-refractivity contribution < 1.29 is 9.90 Å². The summed E-state index contributed by atoms with van der Waals surface area (Å²) in [7, 11) is 0. The molecule has 21 heavy (non-hydrogen) atoms. The molecule has 0 fully saturated rings. The molecule has 0 radical (unpaired) electrons. The average molecular weight is 369 g/mol. The molecule has 0 heterocycles. The van der Waals surface area contributed by atoms with Gasteiger partial charge in [0, 0.05) is 17.1 Å². The number of hydrogen-bond acceptors (Lipinski definition) is 2. The van der Waals surface area contributed by atoms with Crippen LogP contribution in [-0.2, 0) is 0 Å². The van der Waals surface area contributed by atoms with Crippen molar-refractivity contribution in [1.29, 1.82) is 0 Å². The molecule has 0 unspecified atom stereocenters. The third kappa shape index (κ3) is 3.39. The van der Waals surface area contributed by atoms with Crippen LogP contribution in [0.5, 0.6) is 5.75 Å². The number of hydrogen-bond donors (Lipinski definition) is 1. The molecule has 2 rings (SSSR count). The largest absolute Gasteiger partial charge is 0.508 e. The Labute approximate surface area is 137 Å². The lowest BCUT2D eigenvalue weighted by molar-refractivity contribution is 0.0988. The lowest BCUT2D eigenvalue weighted by Gasteiger charge is -2.23. The molecule has 1 amide bonds. The highest BCUT2D eigenvalue weighted by Crippen LogP contribution is 2.29. The van der Waals surface area contributed by atoms with Crippen molar-refractivity contribution in [3.05, 3.63) is 57.0 Å². The number of halogens is 2. The van der Waals surface area contributed by atoms with E-state index in [-0.39, 0.29) is 11.7 Å². The highest BCUT2D eigenvalue weighted by molar-refractivity contribution is 9.10. The quantitative estimate of drug-likeness (QED) is 0.846. The minimum Gasteiger partial charge on any atom is -0.508 e. The van der Waals surface area contributed by atoms with Gasteiger partial charge in [0.05, 0.1) is 16.3 Å². The molecule has 5 heteroatoms. The van der Waals surface area contributed by atoms with E-state index in [0.717, 1.165) is 10.0 Å². The highest BCUT2D eigenvalue weighted by atomic mass is 79.9. The summed E-state index contributed by atoms with van der Waals surface area (Å²) in [6.07, 6.45) is 0. The fourth-order valence-electron chi connectivity index (χ4n) is 2.12. The number of anilines is 1. The highest BCUT2D eigenvalue weighted by Gasteiger charge is 2.20. The molecule has 110 valence electrons. The summed E-state index contributed by atoms with van der Waals surface area (Å²) in [6.45, 7) is 4.26. The minimum atomic E-state index is -0.197. The number of aryl methyl sites for hydroxylation is 1. The number of phenolic OH excluding ortho intramolecular Hbond substituents is 1. The summed E-state index contributed by atoms with van der Waals surface area (Å²) in [5.41, 5.74) is 2.02. The second-order valence-electron chi connectivity index (χ2n) is 4.64. The third-order valence-corrected chi connectivity index (χ3v) is 4.03. The van der Waals surface area contributed by atoms with Crippen LogP contribution in [0.15, 0.2) is 40.9 Å². The van der Waals surface area contributed by atoms with Crippen LogP contribution in [-0.4, -0.2) is 17.6 Å². The molecule has 0 spiro atoms. The summed E-state index contributed by atoms with van der Waals surface area (Å²) in [5, 5.41) is 10.1. The number of rotatable bonds is 3.